The number of amides is 1. The minimum atomic E-state index is -1.10. The molecule has 2 unspecified atom stereocenters. The lowest BCUT2D eigenvalue weighted by atomic mass is 9.74. The van der Waals surface area contributed by atoms with Crippen LogP contribution in [0.5, 0.6) is 0 Å². The quantitative estimate of drug-likeness (QED) is 0.689. The second kappa shape index (κ2) is 4.47. The lowest BCUT2D eigenvalue weighted by Crippen LogP contribution is -2.45. The van der Waals surface area contributed by atoms with Crippen molar-refractivity contribution in [3.05, 3.63) is 28.8 Å². The topological polar surface area (TPSA) is 55.4 Å². The Balaban J connectivity index is 2.19. The van der Waals surface area contributed by atoms with Gasteiger partial charge in [-0.2, -0.15) is 0 Å². The molecule has 0 spiro atoms. The van der Waals surface area contributed by atoms with Gasteiger partial charge in [0.15, 0.2) is 5.41 Å². The van der Waals surface area contributed by atoms with E-state index in [0.717, 1.165) is 11.3 Å². The Morgan fingerprint density at radius 2 is 2.19 bits per heavy atom. The van der Waals surface area contributed by atoms with E-state index in [2.05, 4.69) is 5.32 Å². The van der Waals surface area contributed by atoms with Gasteiger partial charge in [-0.15, -0.1) is 0 Å². The number of benzene rings is 1. The van der Waals surface area contributed by atoms with Crippen molar-refractivity contribution in [1.82, 2.24) is 0 Å². The Morgan fingerprint density at radius 1 is 1.48 bits per heavy atom. The second-order valence-electron chi connectivity index (χ2n) is 6.07. The van der Waals surface area contributed by atoms with Crippen molar-refractivity contribution in [3.8, 4) is 0 Å². The van der Waals surface area contributed by atoms with Crippen molar-refractivity contribution in [2.45, 2.75) is 32.6 Å². The van der Waals surface area contributed by atoms with Gasteiger partial charge in [-0.25, -0.2) is 0 Å². The number of carbonyl (C=O) groups is 2. The molecule has 3 rings (SSSR count). The van der Waals surface area contributed by atoms with Gasteiger partial charge in [0, 0.05) is 16.1 Å². The SMILES string of the molecule is CCOC(=O)C12CC1(C(C)C)c1cc(Cl)ccc1NC2=O. The Hall–Kier alpha value is -1.55. The van der Waals surface area contributed by atoms with Crippen LogP contribution in [0.3, 0.4) is 0 Å². The summed E-state index contributed by atoms with van der Waals surface area (Å²) < 4.78 is 5.18. The molecule has 5 heteroatoms. The molecule has 0 bridgehead atoms. The summed E-state index contributed by atoms with van der Waals surface area (Å²) in [4.78, 5) is 25.0. The standard InChI is InChI=1S/C16H18ClNO3/c1-4-21-14(20)16-8-15(16,9(2)3)11-7-10(17)5-6-12(11)18-13(16)19/h5-7,9H,4,8H2,1-3H3,(H,18,19). The largest absolute Gasteiger partial charge is 0.465 e. The maximum atomic E-state index is 12.6. The Bertz CT molecular complexity index is 642. The molecular formula is C16H18ClNO3. The molecule has 0 aromatic heterocycles. The third kappa shape index (κ3) is 1.62. The summed E-state index contributed by atoms with van der Waals surface area (Å²) in [5.74, 6) is -0.559. The zero-order chi connectivity index (χ0) is 15.4. The predicted molar refractivity (Wildman–Crippen MR) is 80.3 cm³/mol. The number of hydrogen-bond donors (Lipinski definition) is 1. The van der Waals surface area contributed by atoms with Crippen molar-refractivity contribution in [2.75, 3.05) is 11.9 Å². The number of halogens is 1. The van der Waals surface area contributed by atoms with Gasteiger partial charge in [-0.1, -0.05) is 25.4 Å². The Morgan fingerprint density at radius 3 is 2.81 bits per heavy atom. The molecule has 1 saturated carbocycles. The van der Waals surface area contributed by atoms with E-state index < -0.39 is 16.8 Å². The summed E-state index contributed by atoms with van der Waals surface area (Å²) in [5, 5.41) is 3.45. The molecule has 0 saturated heterocycles. The maximum Gasteiger partial charge on any atom is 0.322 e. The highest BCUT2D eigenvalue weighted by Gasteiger charge is 2.80. The maximum absolute atomic E-state index is 12.6. The molecule has 1 aliphatic heterocycles. The summed E-state index contributed by atoms with van der Waals surface area (Å²) in [6.45, 7) is 6.08. The van der Waals surface area contributed by atoms with Crippen LogP contribution in [0, 0.1) is 11.3 Å². The Labute approximate surface area is 128 Å². The average Bonchev–Trinajstić information content (AvgIpc) is 3.14. The molecule has 0 radical (unpaired) electrons. The summed E-state index contributed by atoms with van der Waals surface area (Å²) in [7, 11) is 0. The number of hydrogen-bond acceptors (Lipinski definition) is 3. The summed E-state index contributed by atoms with van der Waals surface area (Å²) >= 11 is 6.12. The average molecular weight is 308 g/mol. The van der Waals surface area contributed by atoms with E-state index in [9.17, 15) is 9.59 Å². The van der Waals surface area contributed by atoms with Gasteiger partial charge in [0.2, 0.25) is 5.91 Å². The van der Waals surface area contributed by atoms with E-state index in [-0.39, 0.29) is 18.4 Å². The van der Waals surface area contributed by atoms with Crippen LogP contribution < -0.4 is 5.32 Å². The molecule has 1 fully saturated rings. The molecule has 1 heterocycles. The first-order valence-electron chi connectivity index (χ1n) is 7.19. The van der Waals surface area contributed by atoms with Gasteiger partial charge in [0.05, 0.1) is 6.61 Å². The van der Waals surface area contributed by atoms with Crippen molar-refractivity contribution < 1.29 is 14.3 Å². The van der Waals surface area contributed by atoms with Crippen LogP contribution in [0.1, 0.15) is 32.8 Å². The Kier molecular flexibility index (Phi) is 3.06. The zero-order valence-corrected chi connectivity index (χ0v) is 13.1. The number of rotatable bonds is 3. The minimum absolute atomic E-state index is 0.130. The third-order valence-corrected chi connectivity index (χ3v) is 5.12. The van der Waals surface area contributed by atoms with Gasteiger partial charge in [0.25, 0.3) is 0 Å². The highest BCUT2D eigenvalue weighted by Crippen LogP contribution is 2.72. The molecule has 2 atom stereocenters. The molecule has 2 aliphatic rings. The van der Waals surface area contributed by atoms with Crippen LogP contribution in [0.4, 0.5) is 5.69 Å². The summed E-state index contributed by atoms with van der Waals surface area (Å²) in [5.41, 5.74) is 0.0737. The summed E-state index contributed by atoms with van der Waals surface area (Å²) in [6.07, 6.45) is 0.482. The van der Waals surface area contributed by atoms with E-state index in [1.807, 2.05) is 19.9 Å². The normalized spacial score (nSPS) is 29.5. The number of fused-ring (bicyclic) bond motifs is 3. The van der Waals surface area contributed by atoms with Crippen molar-refractivity contribution in [1.29, 1.82) is 0 Å². The molecule has 1 aliphatic carbocycles. The van der Waals surface area contributed by atoms with Crippen LogP contribution in [-0.4, -0.2) is 18.5 Å². The number of esters is 1. The first kappa shape index (κ1) is 14.4. The van der Waals surface area contributed by atoms with Crippen LogP contribution in [0.25, 0.3) is 0 Å². The van der Waals surface area contributed by atoms with E-state index >= 15 is 0 Å². The second-order valence-corrected chi connectivity index (χ2v) is 6.51. The van der Waals surface area contributed by atoms with Gasteiger partial charge in [-0.05, 0) is 43.0 Å². The molecule has 21 heavy (non-hydrogen) atoms. The number of ether oxygens (including phenoxy) is 1. The van der Waals surface area contributed by atoms with Crippen LogP contribution in [-0.2, 0) is 19.7 Å². The van der Waals surface area contributed by atoms with E-state index in [4.69, 9.17) is 16.3 Å². The predicted octanol–water partition coefficient (Wildman–Crippen LogP) is 3.14. The molecule has 1 N–H and O–H groups in total. The summed E-state index contributed by atoms with van der Waals surface area (Å²) in [6, 6.07) is 5.40. The van der Waals surface area contributed by atoms with Crippen molar-refractivity contribution >= 4 is 29.2 Å². The van der Waals surface area contributed by atoms with E-state index in [0.29, 0.717) is 11.4 Å². The highest BCUT2D eigenvalue weighted by atomic mass is 35.5. The molecular weight excluding hydrogens is 290 g/mol. The van der Waals surface area contributed by atoms with E-state index in [1.54, 1.807) is 19.1 Å². The van der Waals surface area contributed by atoms with E-state index in [1.165, 1.54) is 0 Å². The zero-order valence-electron chi connectivity index (χ0n) is 12.3. The fraction of sp³-hybridized carbons (Fsp3) is 0.500. The minimum Gasteiger partial charge on any atom is -0.465 e. The molecule has 1 amide bonds. The molecule has 112 valence electrons. The molecule has 4 nitrogen and oxygen atoms in total. The first-order valence-corrected chi connectivity index (χ1v) is 7.56. The van der Waals surface area contributed by atoms with Crippen LogP contribution in [0.2, 0.25) is 5.02 Å². The van der Waals surface area contributed by atoms with Gasteiger partial charge < -0.3 is 10.1 Å². The fourth-order valence-corrected chi connectivity index (χ4v) is 3.99. The van der Waals surface area contributed by atoms with Crippen LogP contribution in [0.15, 0.2) is 18.2 Å². The van der Waals surface area contributed by atoms with Gasteiger partial charge >= 0.3 is 5.97 Å². The number of anilines is 1. The molecule has 1 aromatic carbocycles. The van der Waals surface area contributed by atoms with Crippen LogP contribution >= 0.6 is 11.6 Å². The van der Waals surface area contributed by atoms with Crippen molar-refractivity contribution in [2.24, 2.45) is 11.3 Å². The first-order chi connectivity index (χ1) is 9.90. The highest BCUT2D eigenvalue weighted by molar-refractivity contribution is 6.31. The smallest absolute Gasteiger partial charge is 0.322 e. The fourth-order valence-electron chi connectivity index (χ4n) is 3.81. The number of nitrogens with one attached hydrogen (secondary N) is 1. The van der Waals surface area contributed by atoms with Gasteiger partial charge in [-0.3, -0.25) is 9.59 Å². The van der Waals surface area contributed by atoms with Crippen molar-refractivity contribution in [3.63, 3.8) is 0 Å². The number of carbonyl (C=O) groups excluding carboxylic acids is 2. The third-order valence-electron chi connectivity index (χ3n) is 4.89. The lowest BCUT2D eigenvalue weighted by Gasteiger charge is -2.33. The molecule has 1 aromatic rings. The monoisotopic (exact) mass is 307 g/mol. The van der Waals surface area contributed by atoms with Gasteiger partial charge in [0.1, 0.15) is 0 Å². The lowest BCUT2D eigenvalue weighted by molar-refractivity contribution is -0.154.